The standard InChI is InChI=1S/C20H22N6O2/c1-14-15(11-16(12-21)25(14)2)13-22-24-20-23-18-8-5-4-7-17(18)19(27)26(20)9-6-10-28-3/h4-5,7-8,11,13H,6,9-10H2,1-3H3,(H,23,24)/b22-13-. The molecule has 3 rings (SSSR count). The lowest BCUT2D eigenvalue weighted by molar-refractivity contribution is 0.190. The Morgan fingerprint density at radius 1 is 1.39 bits per heavy atom. The number of fused-ring (bicyclic) bond motifs is 1. The van der Waals surface area contributed by atoms with Gasteiger partial charge in [-0.1, -0.05) is 12.1 Å². The fraction of sp³-hybridized carbons (Fsp3) is 0.300. The van der Waals surface area contributed by atoms with Crippen LogP contribution < -0.4 is 11.0 Å². The summed E-state index contributed by atoms with van der Waals surface area (Å²) < 4.78 is 8.46. The largest absolute Gasteiger partial charge is 0.385 e. The molecule has 0 saturated carbocycles. The summed E-state index contributed by atoms with van der Waals surface area (Å²) in [6.07, 6.45) is 2.30. The van der Waals surface area contributed by atoms with Gasteiger partial charge in [0.1, 0.15) is 11.8 Å². The van der Waals surface area contributed by atoms with Crippen LogP contribution in [-0.4, -0.2) is 34.0 Å². The van der Waals surface area contributed by atoms with Crippen LogP contribution in [0.25, 0.3) is 10.9 Å². The molecule has 1 aromatic carbocycles. The summed E-state index contributed by atoms with van der Waals surface area (Å²) in [5.74, 6) is 0.366. The molecule has 0 spiro atoms. The Morgan fingerprint density at radius 3 is 2.89 bits per heavy atom. The first-order valence-corrected chi connectivity index (χ1v) is 8.90. The second-order valence-electron chi connectivity index (χ2n) is 6.37. The predicted octanol–water partition coefficient (Wildman–Crippen LogP) is 2.40. The van der Waals surface area contributed by atoms with E-state index in [-0.39, 0.29) is 5.56 Å². The number of hydrazone groups is 1. The molecule has 28 heavy (non-hydrogen) atoms. The number of nitrogens with zero attached hydrogens (tertiary/aromatic N) is 5. The van der Waals surface area contributed by atoms with E-state index < -0.39 is 0 Å². The third-order valence-electron chi connectivity index (χ3n) is 4.65. The van der Waals surface area contributed by atoms with Crippen LogP contribution in [0.1, 0.15) is 23.4 Å². The molecule has 2 aromatic heterocycles. The zero-order valence-corrected chi connectivity index (χ0v) is 16.1. The zero-order chi connectivity index (χ0) is 20.1. The maximum atomic E-state index is 12.9. The van der Waals surface area contributed by atoms with Crippen molar-refractivity contribution in [1.29, 1.82) is 5.26 Å². The van der Waals surface area contributed by atoms with Gasteiger partial charge in [-0.05, 0) is 31.5 Å². The molecule has 0 fully saturated rings. The first-order valence-electron chi connectivity index (χ1n) is 8.90. The smallest absolute Gasteiger partial charge is 0.262 e. The van der Waals surface area contributed by atoms with E-state index in [2.05, 4.69) is 21.6 Å². The van der Waals surface area contributed by atoms with Crippen LogP contribution in [0, 0.1) is 18.3 Å². The molecule has 144 valence electrons. The number of anilines is 1. The molecule has 0 radical (unpaired) electrons. The lowest BCUT2D eigenvalue weighted by Crippen LogP contribution is -2.24. The van der Waals surface area contributed by atoms with Crippen LogP contribution in [0.15, 0.2) is 40.2 Å². The van der Waals surface area contributed by atoms with E-state index in [9.17, 15) is 4.79 Å². The number of hydrogen-bond donors (Lipinski definition) is 1. The topological polar surface area (TPSA) is 97.2 Å². The Kier molecular flexibility index (Phi) is 5.87. The summed E-state index contributed by atoms with van der Waals surface area (Å²) in [7, 11) is 3.46. The highest BCUT2D eigenvalue weighted by atomic mass is 16.5. The Balaban J connectivity index is 1.94. The number of methoxy groups -OCH3 is 1. The molecule has 0 aliphatic rings. The van der Waals surface area contributed by atoms with Gasteiger partial charge in [0.05, 0.1) is 17.1 Å². The van der Waals surface area contributed by atoms with E-state index in [1.807, 2.05) is 26.1 Å². The van der Waals surface area contributed by atoms with Crippen molar-refractivity contribution in [2.24, 2.45) is 12.1 Å². The molecule has 3 aromatic rings. The fourth-order valence-electron chi connectivity index (χ4n) is 2.95. The van der Waals surface area contributed by atoms with Gasteiger partial charge < -0.3 is 9.30 Å². The minimum absolute atomic E-state index is 0.123. The second-order valence-corrected chi connectivity index (χ2v) is 6.37. The van der Waals surface area contributed by atoms with Gasteiger partial charge in [-0.25, -0.2) is 10.4 Å². The molecule has 0 aliphatic carbocycles. The van der Waals surface area contributed by atoms with Gasteiger partial charge in [-0.15, -0.1) is 0 Å². The van der Waals surface area contributed by atoms with Gasteiger partial charge in [0.2, 0.25) is 5.95 Å². The number of aromatic nitrogens is 3. The summed E-state index contributed by atoms with van der Waals surface area (Å²) in [5.41, 5.74) is 5.67. The van der Waals surface area contributed by atoms with Crippen LogP contribution in [0.2, 0.25) is 0 Å². The number of ether oxygens (including phenoxy) is 1. The van der Waals surface area contributed by atoms with Crippen molar-refractivity contribution < 1.29 is 4.74 Å². The molecular formula is C20H22N6O2. The van der Waals surface area contributed by atoms with Crippen molar-refractivity contribution in [3.05, 3.63) is 57.6 Å². The third kappa shape index (κ3) is 3.80. The predicted molar refractivity (Wildman–Crippen MR) is 109 cm³/mol. The average Bonchev–Trinajstić information content (AvgIpc) is 2.98. The van der Waals surface area contributed by atoms with Gasteiger partial charge in [-0.3, -0.25) is 9.36 Å². The third-order valence-corrected chi connectivity index (χ3v) is 4.65. The molecule has 0 atom stereocenters. The zero-order valence-electron chi connectivity index (χ0n) is 16.1. The van der Waals surface area contributed by atoms with Crippen molar-refractivity contribution in [1.82, 2.24) is 14.1 Å². The van der Waals surface area contributed by atoms with Crippen LogP contribution in [0.4, 0.5) is 5.95 Å². The molecule has 8 nitrogen and oxygen atoms in total. The van der Waals surface area contributed by atoms with Gasteiger partial charge in [0.15, 0.2) is 0 Å². The maximum absolute atomic E-state index is 12.9. The number of rotatable bonds is 7. The first kappa shape index (κ1) is 19.3. The first-order chi connectivity index (χ1) is 13.6. The van der Waals surface area contributed by atoms with Gasteiger partial charge in [0.25, 0.3) is 5.56 Å². The van der Waals surface area contributed by atoms with Crippen molar-refractivity contribution in [2.45, 2.75) is 19.9 Å². The van der Waals surface area contributed by atoms with Crippen LogP contribution in [-0.2, 0) is 18.3 Å². The molecule has 0 amide bonds. The summed E-state index contributed by atoms with van der Waals surface area (Å²) in [4.78, 5) is 17.4. The molecule has 0 saturated heterocycles. The Labute approximate surface area is 162 Å². The highest BCUT2D eigenvalue weighted by Crippen LogP contribution is 2.13. The molecule has 0 aliphatic heterocycles. The molecule has 0 bridgehead atoms. The van der Waals surface area contributed by atoms with E-state index in [0.29, 0.717) is 42.1 Å². The quantitative estimate of drug-likeness (QED) is 0.387. The molecule has 2 heterocycles. The van der Waals surface area contributed by atoms with E-state index in [0.717, 1.165) is 11.3 Å². The summed E-state index contributed by atoms with van der Waals surface area (Å²) >= 11 is 0. The van der Waals surface area contributed by atoms with E-state index in [1.54, 1.807) is 40.7 Å². The Hall–Kier alpha value is -3.44. The molecule has 1 N–H and O–H groups in total. The van der Waals surface area contributed by atoms with E-state index >= 15 is 0 Å². The summed E-state index contributed by atoms with van der Waals surface area (Å²) in [6, 6.07) is 11.1. The highest BCUT2D eigenvalue weighted by Gasteiger charge is 2.11. The van der Waals surface area contributed by atoms with Gasteiger partial charge in [0, 0.05) is 38.6 Å². The summed E-state index contributed by atoms with van der Waals surface area (Å²) in [5, 5.41) is 13.9. The maximum Gasteiger partial charge on any atom is 0.262 e. The number of benzene rings is 1. The second kappa shape index (κ2) is 8.50. The highest BCUT2D eigenvalue weighted by molar-refractivity contribution is 5.83. The van der Waals surface area contributed by atoms with Crippen LogP contribution in [0.5, 0.6) is 0 Å². The minimum Gasteiger partial charge on any atom is -0.385 e. The average molecular weight is 378 g/mol. The lowest BCUT2D eigenvalue weighted by Gasteiger charge is -2.12. The normalized spacial score (nSPS) is 11.2. The van der Waals surface area contributed by atoms with Crippen molar-refractivity contribution in [2.75, 3.05) is 19.1 Å². The van der Waals surface area contributed by atoms with Crippen molar-refractivity contribution >= 4 is 23.1 Å². The van der Waals surface area contributed by atoms with Crippen LogP contribution in [0.3, 0.4) is 0 Å². The van der Waals surface area contributed by atoms with Gasteiger partial charge >= 0.3 is 0 Å². The minimum atomic E-state index is -0.123. The fourth-order valence-corrected chi connectivity index (χ4v) is 2.95. The number of hydrogen-bond acceptors (Lipinski definition) is 6. The van der Waals surface area contributed by atoms with Crippen LogP contribution >= 0.6 is 0 Å². The Bertz CT molecular complexity index is 1120. The van der Waals surface area contributed by atoms with Crippen molar-refractivity contribution in [3.8, 4) is 6.07 Å². The lowest BCUT2D eigenvalue weighted by atomic mass is 10.2. The number of nitriles is 1. The number of para-hydroxylation sites is 1. The Morgan fingerprint density at radius 2 is 2.18 bits per heavy atom. The monoisotopic (exact) mass is 378 g/mol. The SMILES string of the molecule is COCCCn1c(N/N=C\c2cc(C#N)n(C)c2C)nc2ccccc2c1=O. The van der Waals surface area contributed by atoms with Gasteiger partial charge in [-0.2, -0.15) is 10.4 Å². The summed E-state index contributed by atoms with van der Waals surface area (Å²) in [6.45, 7) is 2.92. The molecule has 0 unspecified atom stereocenters. The molecular weight excluding hydrogens is 356 g/mol. The van der Waals surface area contributed by atoms with E-state index in [1.165, 1.54) is 0 Å². The number of nitrogens with one attached hydrogen (secondary N) is 1. The van der Waals surface area contributed by atoms with Crippen molar-refractivity contribution in [3.63, 3.8) is 0 Å². The molecule has 8 heteroatoms. The van der Waals surface area contributed by atoms with E-state index in [4.69, 9.17) is 10.00 Å².